The zero-order valence-corrected chi connectivity index (χ0v) is 9.44. The number of hydrogen-bond donors (Lipinski definition) is 1. The van der Waals surface area contributed by atoms with Crippen LogP contribution >= 0.6 is 0 Å². The normalized spacial score (nSPS) is 10.0. The molecule has 0 atom stereocenters. The van der Waals surface area contributed by atoms with Crippen molar-refractivity contribution in [2.24, 2.45) is 5.73 Å². The van der Waals surface area contributed by atoms with Crippen molar-refractivity contribution in [3.63, 3.8) is 0 Å². The van der Waals surface area contributed by atoms with E-state index in [1.54, 1.807) is 6.07 Å². The third-order valence-electron chi connectivity index (χ3n) is 2.12. The lowest BCUT2D eigenvalue weighted by molar-refractivity contribution is -0.0506. The molecule has 0 heterocycles. The minimum Gasteiger partial charge on any atom is -0.465 e. The summed E-state index contributed by atoms with van der Waals surface area (Å²) < 4.78 is 33.2. The largest absolute Gasteiger partial charge is 0.465 e. The van der Waals surface area contributed by atoms with Crippen LogP contribution in [0, 0.1) is 11.3 Å². The Bertz CT molecular complexity index is 498. The van der Waals surface area contributed by atoms with Gasteiger partial charge in [-0.2, -0.15) is 14.0 Å². The Morgan fingerprint density at radius 1 is 1.56 bits per heavy atom. The van der Waals surface area contributed by atoms with E-state index in [-0.39, 0.29) is 17.7 Å². The molecule has 0 aromatic heterocycles. The van der Waals surface area contributed by atoms with Crippen LogP contribution in [0.2, 0.25) is 0 Å². The molecular formula is C11H10F2N2O3. The van der Waals surface area contributed by atoms with Crippen molar-refractivity contribution in [3.05, 3.63) is 28.8 Å². The summed E-state index contributed by atoms with van der Waals surface area (Å²) in [6.45, 7) is -3.10. The molecule has 96 valence electrons. The van der Waals surface area contributed by atoms with E-state index < -0.39 is 18.3 Å². The van der Waals surface area contributed by atoms with Crippen molar-refractivity contribution in [2.75, 3.05) is 7.11 Å². The summed E-state index contributed by atoms with van der Waals surface area (Å²) in [5, 5.41) is 8.86. The highest BCUT2D eigenvalue weighted by atomic mass is 19.3. The van der Waals surface area contributed by atoms with Gasteiger partial charge in [-0.05, 0) is 17.7 Å². The first kappa shape index (κ1) is 13.9. The predicted octanol–water partition coefficient (Wildman–Crippen LogP) is 1.40. The van der Waals surface area contributed by atoms with E-state index in [1.807, 2.05) is 0 Å². The molecule has 1 aromatic carbocycles. The van der Waals surface area contributed by atoms with Crippen molar-refractivity contribution in [1.82, 2.24) is 0 Å². The molecular weight excluding hydrogens is 246 g/mol. The lowest BCUT2D eigenvalue weighted by atomic mass is 10.0. The fraction of sp³-hybridized carbons (Fsp3) is 0.273. The monoisotopic (exact) mass is 256 g/mol. The van der Waals surface area contributed by atoms with E-state index in [0.717, 1.165) is 7.11 Å². The Morgan fingerprint density at radius 2 is 2.22 bits per heavy atom. The molecule has 0 aliphatic heterocycles. The molecule has 1 rings (SSSR count). The summed E-state index contributed by atoms with van der Waals surface area (Å²) in [4.78, 5) is 11.5. The lowest BCUT2D eigenvalue weighted by Gasteiger charge is -2.12. The highest BCUT2D eigenvalue weighted by Gasteiger charge is 2.21. The number of benzene rings is 1. The molecule has 0 aliphatic carbocycles. The molecule has 0 amide bonds. The van der Waals surface area contributed by atoms with E-state index in [9.17, 15) is 13.6 Å². The number of nitrogens with two attached hydrogens (primary N) is 1. The van der Waals surface area contributed by atoms with Crippen LogP contribution in [0.1, 0.15) is 21.5 Å². The number of esters is 1. The Kier molecular flexibility index (Phi) is 4.57. The molecule has 0 fully saturated rings. The maximum atomic E-state index is 12.3. The zero-order chi connectivity index (χ0) is 13.7. The van der Waals surface area contributed by atoms with Crippen molar-refractivity contribution < 1.29 is 23.0 Å². The van der Waals surface area contributed by atoms with Crippen molar-refractivity contribution in [2.45, 2.75) is 13.2 Å². The predicted molar refractivity (Wildman–Crippen MR) is 57.0 cm³/mol. The van der Waals surface area contributed by atoms with Gasteiger partial charge in [0, 0.05) is 6.54 Å². The lowest BCUT2D eigenvalue weighted by Crippen LogP contribution is -2.12. The Labute approximate surface area is 102 Å². The number of nitriles is 1. The molecule has 5 nitrogen and oxygen atoms in total. The molecule has 0 saturated carbocycles. The number of halogens is 2. The summed E-state index contributed by atoms with van der Waals surface area (Å²) in [7, 11) is 1.09. The maximum absolute atomic E-state index is 12.3. The molecule has 2 N–H and O–H groups in total. The molecule has 7 heteroatoms. The first-order valence-corrected chi connectivity index (χ1v) is 4.83. The van der Waals surface area contributed by atoms with E-state index >= 15 is 0 Å². The summed E-state index contributed by atoms with van der Waals surface area (Å²) in [6.07, 6.45) is 0. The maximum Gasteiger partial charge on any atom is 0.387 e. The molecule has 0 bridgehead atoms. The zero-order valence-electron chi connectivity index (χ0n) is 9.44. The van der Waals surface area contributed by atoms with Gasteiger partial charge in [-0.15, -0.1) is 0 Å². The van der Waals surface area contributed by atoms with Crippen LogP contribution in [0.3, 0.4) is 0 Å². The summed E-state index contributed by atoms with van der Waals surface area (Å²) in [5.41, 5.74) is 5.38. The minimum absolute atomic E-state index is 0.0492. The molecule has 18 heavy (non-hydrogen) atoms. The Hall–Kier alpha value is -2.20. The Balaban J connectivity index is 3.43. The number of carbonyl (C=O) groups excluding carboxylic acids is 1. The van der Waals surface area contributed by atoms with Crippen LogP contribution in [0.5, 0.6) is 5.75 Å². The highest BCUT2D eigenvalue weighted by molar-refractivity contribution is 5.93. The van der Waals surface area contributed by atoms with Crippen molar-refractivity contribution in [3.8, 4) is 11.8 Å². The van der Waals surface area contributed by atoms with Crippen LogP contribution < -0.4 is 10.5 Å². The topological polar surface area (TPSA) is 85.3 Å². The number of methoxy groups -OCH3 is 1. The van der Waals surface area contributed by atoms with E-state index in [4.69, 9.17) is 11.0 Å². The van der Waals surface area contributed by atoms with Gasteiger partial charge < -0.3 is 15.2 Å². The summed E-state index contributed by atoms with van der Waals surface area (Å²) in [6, 6.07) is 4.21. The molecule has 1 aromatic rings. The van der Waals surface area contributed by atoms with Crippen molar-refractivity contribution in [1.29, 1.82) is 5.26 Å². The van der Waals surface area contributed by atoms with Gasteiger partial charge >= 0.3 is 12.6 Å². The van der Waals surface area contributed by atoms with Gasteiger partial charge in [0.1, 0.15) is 11.6 Å². The second-order valence-electron chi connectivity index (χ2n) is 3.21. The van der Waals surface area contributed by atoms with Crippen LogP contribution in [0.15, 0.2) is 12.1 Å². The van der Waals surface area contributed by atoms with Crippen LogP contribution in [0.4, 0.5) is 8.78 Å². The van der Waals surface area contributed by atoms with Gasteiger partial charge in [0.05, 0.1) is 12.7 Å². The molecule has 0 spiro atoms. The van der Waals surface area contributed by atoms with Crippen molar-refractivity contribution >= 4 is 5.97 Å². The second kappa shape index (κ2) is 5.93. The van der Waals surface area contributed by atoms with Gasteiger partial charge in [-0.1, -0.05) is 0 Å². The average Bonchev–Trinajstić information content (AvgIpc) is 2.37. The third kappa shape index (κ3) is 2.93. The van der Waals surface area contributed by atoms with E-state index in [1.165, 1.54) is 12.1 Å². The minimum atomic E-state index is -3.15. The van der Waals surface area contributed by atoms with Gasteiger partial charge in [-0.25, -0.2) is 4.79 Å². The molecule has 0 aliphatic rings. The number of rotatable bonds is 4. The standard InChI is InChI=1S/C11H10F2N2O3/c1-17-10(16)8-3-6(4-14)2-7(5-15)9(8)18-11(12)13/h2-3,11H,4,14H2,1H3. The van der Waals surface area contributed by atoms with E-state index in [0.29, 0.717) is 5.56 Å². The fourth-order valence-corrected chi connectivity index (χ4v) is 1.37. The van der Waals surface area contributed by atoms with Crippen LogP contribution in [-0.2, 0) is 11.3 Å². The van der Waals surface area contributed by atoms with Gasteiger partial charge in [-0.3, -0.25) is 0 Å². The number of carbonyl (C=O) groups is 1. The second-order valence-corrected chi connectivity index (χ2v) is 3.21. The van der Waals surface area contributed by atoms with Gasteiger partial charge in [0.15, 0.2) is 5.75 Å². The summed E-state index contributed by atoms with van der Waals surface area (Å²) in [5.74, 6) is -1.38. The van der Waals surface area contributed by atoms with Crippen LogP contribution in [-0.4, -0.2) is 19.7 Å². The van der Waals surface area contributed by atoms with Crippen LogP contribution in [0.25, 0.3) is 0 Å². The first-order valence-electron chi connectivity index (χ1n) is 4.83. The quantitative estimate of drug-likeness (QED) is 0.823. The van der Waals surface area contributed by atoms with Gasteiger partial charge in [0.25, 0.3) is 0 Å². The van der Waals surface area contributed by atoms with Gasteiger partial charge in [0.2, 0.25) is 0 Å². The SMILES string of the molecule is COC(=O)c1cc(CN)cc(C#N)c1OC(F)F. The Morgan fingerprint density at radius 3 is 2.67 bits per heavy atom. The molecule has 0 unspecified atom stereocenters. The van der Waals surface area contributed by atoms with E-state index in [2.05, 4.69) is 9.47 Å². The third-order valence-corrected chi connectivity index (χ3v) is 2.12. The summed E-state index contributed by atoms with van der Waals surface area (Å²) >= 11 is 0. The molecule has 0 radical (unpaired) electrons. The number of hydrogen-bond acceptors (Lipinski definition) is 5. The highest BCUT2D eigenvalue weighted by Crippen LogP contribution is 2.28. The fourth-order valence-electron chi connectivity index (χ4n) is 1.37. The smallest absolute Gasteiger partial charge is 0.387 e. The number of ether oxygens (including phenoxy) is 2. The average molecular weight is 256 g/mol. The first-order chi connectivity index (χ1) is 8.53. The number of alkyl halides is 2. The number of nitrogens with zero attached hydrogens (tertiary/aromatic N) is 1. The molecule has 0 saturated heterocycles.